The highest BCUT2D eigenvalue weighted by atomic mass is 32.2. The molecule has 0 rings (SSSR count). The first-order valence-electron chi connectivity index (χ1n) is 3.88. The molecule has 11 heavy (non-hydrogen) atoms. The molecule has 0 spiro atoms. The number of amides is 1. The van der Waals surface area contributed by atoms with Gasteiger partial charge < -0.3 is 10.6 Å². The van der Waals surface area contributed by atoms with Gasteiger partial charge in [0.05, 0.1) is 0 Å². The van der Waals surface area contributed by atoms with Crippen LogP contribution < -0.4 is 5.73 Å². The number of nitrogens with two attached hydrogens (primary N) is 1. The van der Waals surface area contributed by atoms with Gasteiger partial charge in [-0.15, -0.1) is 0 Å². The Hall–Kier alpha value is -0.220. The predicted octanol–water partition coefficient (Wildman–Crippen LogP) is 1.14. The summed E-state index contributed by atoms with van der Waals surface area (Å²) in [4.78, 5) is 13.0. The van der Waals surface area contributed by atoms with Crippen molar-refractivity contribution in [3.63, 3.8) is 0 Å². The topological polar surface area (TPSA) is 46.3 Å². The van der Waals surface area contributed by atoms with Crippen LogP contribution in [0.5, 0.6) is 0 Å². The molecule has 0 aliphatic heterocycles. The highest BCUT2D eigenvalue weighted by Gasteiger charge is 2.07. The molecule has 4 heteroatoms. The van der Waals surface area contributed by atoms with Gasteiger partial charge in [0.1, 0.15) is 0 Å². The van der Waals surface area contributed by atoms with Gasteiger partial charge in [-0.2, -0.15) is 0 Å². The summed E-state index contributed by atoms with van der Waals surface area (Å²) < 4.78 is 0. The Bertz CT molecular complexity index is 115. The Morgan fingerprint density at radius 2 is 2.00 bits per heavy atom. The zero-order chi connectivity index (χ0) is 8.69. The first-order valence-corrected chi connectivity index (χ1v) is 4.86. The minimum Gasteiger partial charge on any atom is -0.334 e. The van der Waals surface area contributed by atoms with E-state index in [0.717, 1.165) is 18.8 Å². The molecule has 0 heterocycles. The summed E-state index contributed by atoms with van der Waals surface area (Å²) in [7, 11) is 0. The van der Waals surface area contributed by atoms with Crippen LogP contribution in [0.2, 0.25) is 0 Å². The number of carbonyl (C=O) groups excluding carboxylic acids is 1. The van der Waals surface area contributed by atoms with E-state index in [1.165, 1.54) is 11.8 Å². The minimum atomic E-state index is 0.139. The van der Waals surface area contributed by atoms with E-state index in [1.807, 2.05) is 13.8 Å². The van der Waals surface area contributed by atoms with Crippen LogP contribution in [0, 0.1) is 0 Å². The maximum absolute atomic E-state index is 11.2. The molecule has 2 N–H and O–H groups in total. The summed E-state index contributed by atoms with van der Waals surface area (Å²) in [6, 6.07) is 0. The Kier molecular flexibility index (Phi) is 6.36. The van der Waals surface area contributed by atoms with Crippen LogP contribution >= 0.6 is 11.8 Å². The second-order valence-electron chi connectivity index (χ2n) is 2.08. The van der Waals surface area contributed by atoms with E-state index in [-0.39, 0.29) is 5.24 Å². The molecule has 0 saturated carbocycles. The van der Waals surface area contributed by atoms with Crippen molar-refractivity contribution in [2.75, 3.05) is 25.4 Å². The molecule has 0 aromatic carbocycles. The van der Waals surface area contributed by atoms with E-state index in [4.69, 9.17) is 5.73 Å². The van der Waals surface area contributed by atoms with E-state index >= 15 is 0 Å². The molecule has 0 saturated heterocycles. The van der Waals surface area contributed by atoms with Crippen LogP contribution in [0.4, 0.5) is 4.79 Å². The Balaban J connectivity index is 3.61. The molecule has 0 unspecified atom stereocenters. The quantitative estimate of drug-likeness (QED) is 0.698. The van der Waals surface area contributed by atoms with Gasteiger partial charge >= 0.3 is 0 Å². The lowest BCUT2D eigenvalue weighted by molar-refractivity contribution is 0.228. The van der Waals surface area contributed by atoms with Crippen LogP contribution in [0.3, 0.4) is 0 Å². The Morgan fingerprint density at radius 1 is 1.45 bits per heavy atom. The van der Waals surface area contributed by atoms with Crippen molar-refractivity contribution in [2.24, 2.45) is 5.73 Å². The largest absolute Gasteiger partial charge is 0.334 e. The number of hydrogen-bond donors (Lipinski definition) is 1. The van der Waals surface area contributed by atoms with Gasteiger partial charge in [-0.1, -0.05) is 11.8 Å². The maximum Gasteiger partial charge on any atom is 0.281 e. The number of carbonyl (C=O) groups is 1. The van der Waals surface area contributed by atoms with Crippen LogP contribution in [0.25, 0.3) is 0 Å². The number of hydrogen-bond acceptors (Lipinski definition) is 3. The number of nitrogens with zero attached hydrogens (tertiary/aromatic N) is 1. The molecule has 0 aromatic heterocycles. The smallest absolute Gasteiger partial charge is 0.281 e. The molecule has 0 fully saturated rings. The Labute approximate surface area is 72.3 Å². The van der Waals surface area contributed by atoms with Crippen LogP contribution in [0.1, 0.15) is 13.8 Å². The fraction of sp³-hybridized carbons (Fsp3) is 0.857. The lowest BCUT2D eigenvalue weighted by Gasteiger charge is -2.17. The van der Waals surface area contributed by atoms with Gasteiger partial charge in [-0.3, -0.25) is 4.79 Å². The summed E-state index contributed by atoms with van der Waals surface area (Å²) in [6.07, 6.45) is 0. The van der Waals surface area contributed by atoms with Crippen LogP contribution in [-0.4, -0.2) is 35.5 Å². The van der Waals surface area contributed by atoms with Gasteiger partial charge in [0, 0.05) is 25.4 Å². The molecule has 0 radical (unpaired) electrons. The van der Waals surface area contributed by atoms with Crippen molar-refractivity contribution in [1.82, 2.24) is 4.90 Å². The highest BCUT2D eigenvalue weighted by molar-refractivity contribution is 8.13. The van der Waals surface area contributed by atoms with Crippen LogP contribution in [0.15, 0.2) is 0 Å². The average molecular weight is 176 g/mol. The van der Waals surface area contributed by atoms with Crippen molar-refractivity contribution < 1.29 is 4.79 Å². The summed E-state index contributed by atoms with van der Waals surface area (Å²) in [5.41, 5.74) is 5.27. The van der Waals surface area contributed by atoms with E-state index in [0.29, 0.717) is 6.54 Å². The lowest BCUT2D eigenvalue weighted by Crippen LogP contribution is -2.27. The predicted molar refractivity (Wildman–Crippen MR) is 49.8 cm³/mol. The third kappa shape index (κ3) is 4.27. The van der Waals surface area contributed by atoms with Gasteiger partial charge in [0.2, 0.25) is 0 Å². The molecule has 3 nitrogen and oxygen atoms in total. The lowest BCUT2D eigenvalue weighted by atomic mass is 10.6. The van der Waals surface area contributed by atoms with E-state index in [2.05, 4.69) is 0 Å². The zero-order valence-electron chi connectivity index (χ0n) is 7.17. The van der Waals surface area contributed by atoms with Gasteiger partial charge in [-0.25, -0.2) is 0 Å². The average Bonchev–Trinajstić information content (AvgIpc) is 2.03. The number of rotatable bonds is 4. The fourth-order valence-corrected chi connectivity index (χ4v) is 1.45. The SMILES string of the molecule is CCN(CC)C(=O)SCCN. The van der Waals surface area contributed by atoms with Crippen molar-refractivity contribution in [2.45, 2.75) is 13.8 Å². The summed E-state index contributed by atoms with van der Waals surface area (Å²) in [6.45, 7) is 6.09. The maximum atomic E-state index is 11.2. The molecular formula is C7H16N2OS. The Morgan fingerprint density at radius 3 is 2.36 bits per heavy atom. The first kappa shape index (κ1) is 10.8. The second-order valence-corrected chi connectivity index (χ2v) is 3.12. The molecular weight excluding hydrogens is 160 g/mol. The van der Waals surface area contributed by atoms with E-state index < -0.39 is 0 Å². The molecule has 0 bridgehead atoms. The van der Waals surface area contributed by atoms with E-state index in [1.54, 1.807) is 4.90 Å². The fourth-order valence-electron chi connectivity index (χ4n) is 0.719. The first-order chi connectivity index (χ1) is 5.26. The number of thioether (sulfide) groups is 1. The standard InChI is InChI=1S/C7H16N2OS/c1-3-9(4-2)7(10)11-6-5-8/h3-6,8H2,1-2H3. The van der Waals surface area contributed by atoms with Crippen molar-refractivity contribution in [3.05, 3.63) is 0 Å². The van der Waals surface area contributed by atoms with Crippen molar-refractivity contribution in [1.29, 1.82) is 0 Å². The second kappa shape index (κ2) is 6.49. The summed E-state index contributed by atoms with van der Waals surface area (Å²) in [5.74, 6) is 0.718. The van der Waals surface area contributed by atoms with Crippen molar-refractivity contribution in [3.8, 4) is 0 Å². The highest BCUT2D eigenvalue weighted by Crippen LogP contribution is 2.06. The monoisotopic (exact) mass is 176 g/mol. The molecule has 0 atom stereocenters. The molecule has 0 aliphatic rings. The van der Waals surface area contributed by atoms with Gasteiger partial charge in [0.25, 0.3) is 5.24 Å². The summed E-state index contributed by atoms with van der Waals surface area (Å²) in [5, 5.41) is 0.139. The van der Waals surface area contributed by atoms with Gasteiger partial charge in [-0.05, 0) is 13.8 Å². The normalized spacial score (nSPS) is 9.73. The van der Waals surface area contributed by atoms with E-state index in [9.17, 15) is 4.79 Å². The van der Waals surface area contributed by atoms with Gasteiger partial charge in [0.15, 0.2) is 0 Å². The zero-order valence-corrected chi connectivity index (χ0v) is 7.99. The third-order valence-corrected chi connectivity index (χ3v) is 2.31. The summed E-state index contributed by atoms with van der Waals surface area (Å²) >= 11 is 1.30. The van der Waals surface area contributed by atoms with Crippen LogP contribution in [-0.2, 0) is 0 Å². The molecule has 0 aromatic rings. The molecule has 66 valence electrons. The third-order valence-electron chi connectivity index (χ3n) is 1.37. The van der Waals surface area contributed by atoms with Crippen molar-refractivity contribution >= 4 is 17.0 Å². The molecule has 0 aliphatic carbocycles. The minimum absolute atomic E-state index is 0.139. The molecule has 1 amide bonds.